The molecule has 41 heavy (non-hydrogen) atoms. The lowest BCUT2D eigenvalue weighted by Gasteiger charge is -2.33. The van der Waals surface area contributed by atoms with Gasteiger partial charge in [-0.15, -0.1) is 0 Å². The molecule has 0 saturated carbocycles. The molecule has 0 radical (unpaired) electrons. The first-order valence-electron chi connectivity index (χ1n) is 13.3. The average molecular weight is 621 g/mol. The molecule has 0 saturated heterocycles. The van der Waals surface area contributed by atoms with E-state index in [4.69, 9.17) is 27.9 Å². The molecule has 0 aromatic heterocycles. The van der Waals surface area contributed by atoms with Gasteiger partial charge in [0.2, 0.25) is 11.8 Å². The minimum absolute atomic E-state index is 0.0145. The molecule has 1 atom stereocenters. The van der Waals surface area contributed by atoms with Crippen LogP contribution in [0.3, 0.4) is 0 Å². The summed E-state index contributed by atoms with van der Waals surface area (Å²) in [6, 6.07) is 18.2. The van der Waals surface area contributed by atoms with Crippen LogP contribution >= 0.6 is 23.2 Å². The number of hydrogen-bond donors (Lipinski definition) is 1. The van der Waals surface area contributed by atoms with Gasteiger partial charge in [0.25, 0.3) is 10.0 Å². The highest BCUT2D eigenvalue weighted by Gasteiger charge is 2.34. The highest BCUT2D eigenvalue weighted by atomic mass is 35.5. The topological polar surface area (TPSA) is 96.0 Å². The molecule has 3 rings (SSSR count). The summed E-state index contributed by atoms with van der Waals surface area (Å²) in [5, 5.41) is 3.68. The van der Waals surface area contributed by atoms with E-state index in [0.717, 1.165) is 4.31 Å². The Morgan fingerprint density at radius 3 is 2.12 bits per heavy atom. The smallest absolute Gasteiger partial charge is 0.264 e. The Bertz CT molecular complexity index is 1430. The fourth-order valence-electron chi connectivity index (χ4n) is 4.25. The van der Waals surface area contributed by atoms with E-state index < -0.39 is 28.5 Å². The second kappa shape index (κ2) is 14.6. The van der Waals surface area contributed by atoms with Crippen LogP contribution in [0.5, 0.6) is 5.75 Å². The summed E-state index contributed by atoms with van der Waals surface area (Å²) in [6.07, 6.45) is 0.307. The number of rotatable bonds is 13. The van der Waals surface area contributed by atoms with Crippen molar-refractivity contribution in [3.8, 4) is 5.75 Å². The Morgan fingerprint density at radius 1 is 0.927 bits per heavy atom. The normalized spacial score (nSPS) is 12.1. The summed E-state index contributed by atoms with van der Waals surface area (Å²) in [7, 11) is -4.22. The maximum atomic E-state index is 14.1. The molecule has 8 nitrogen and oxygen atoms in total. The molecule has 0 fully saturated rings. The Kier molecular flexibility index (Phi) is 11.5. The summed E-state index contributed by atoms with van der Waals surface area (Å²) in [4.78, 5) is 28.7. The molecule has 0 aliphatic heterocycles. The van der Waals surface area contributed by atoms with Gasteiger partial charge in [-0.25, -0.2) is 8.42 Å². The Labute approximate surface area is 252 Å². The molecule has 0 heterocycles. The number of anilines is 1. The number of nitrogens with one attached hydrogen (secondary N) is 1. The van der Waals surface area contributed by atoms with Gasteiger partial charge in [0, 0.05) is 22.6 Å². The number of sulfonamides is 1. The zero-order valence-electron chi connectivity index (χ0n) is 23.5. The average Bonchev–Trinajstić information content (AvgIpc) is 2.93. The monoisotopic (exact) mass is 619 g/mol. The molecule has 0 aliphatic rings. The molecular weight excluding hydrogens is 585 g/mol. The third kappa shape index (κ3) is 8.38. The lowest BCUT2D eigenvalue weighted by molar-refractivity contribution is -0.140. The number of amides is 2. The van der Waals surface area contributed by atoms with Crippen molar-refractivity contribution in [2.24, 2.45) is 0 Å². The molecule has 220 valence electrons. The summed E-state index contributed by atoms with van der Waals surface area (Å²) in [6.45, 7) is 7.20. The van der Waals surface area contributed by atoms with Crippen molar-refractivity contribution in [2.75, 3.05) is 17.5 Å². The number of carbonyl (C=O) groups excluding carboxylic acids is 2. The van der Waals surface area contributed by atoms with Crippen LogP contribution in [0.1, 0.15) is 39.7 Å². The van der Waals surface area contributed by atoms with E-state index in [-0.39, 0.29) is 29.1 Å². The van der Waals surface area contributed by atoms with E-state index in [2.05, 4.69) is 5.32 Å². The Morgan fingerprint density at radius 2 is 1.56 bits per heavy atom. The number of nitrogens with zero attached hydrogens (tertiary/aromatic N) is 2. The second-order valence-electron chi connectivity index (χ2n) is 9.59. The SMILES string of the molecule is CCOc1ccc(N(CC(=O)N(Cc2ccccc2Cl)C(CC)C(=O)NC(C)C)S(=O)(=O)c2ccc(Cl)cc2)cc1. The van der Waals surface area contributed by atoms with Crippen molar-refractivity contribution in [1.82, 2.24) is 10.2 Å². The van der Waals surface area contributed by atoms with Crippen LogP contribution in [-0.2, 0) is 26.2 Å². The van der Waals surface area contributed by atoms with Gasteiger partial charge in [0.05, 0.1) is 17.2 Å². The Hall–Kier alpha value is -3.27. The zero-order chi connectivity index (χ0) is 30.2. The molecule has 0 bridgehead atoms. The van der Waals surface area contributed by atoms with E-state index in [9.17, 15) is 18.0 Å². The molecule has 2 amide bonds. The molecule has 11 heteroatoms. The molecule has 0 aliphatic carbocycles. The number of halogens is 2. The molecule has 0 spiro atoms. The maximum absolute atomic E-state index is 14.1. The van der Waals surface area contributed by atoms with Crippen molar-refractivity contribution in [3.63, 3.8) is 0 Å². The summed E-state index contributed by atoms with van der Waals surface area (Å²) in [5.74, 6) is -0.346. The third-order valence-corrected chi connectivity index (χ3v) is 8.64. The van der Waals surface area contributed by atoms with Gasteiger partial charge >= 0.3 is 0 Å². The van der Waals surface area contributed by atoms with Crippen molar-refractivity contribution in [3.05, 3.63) is 88.4 Å². The van der Waals surface area contributed by atoms with Crippen LogP contribution in [0.4, 0.5) is 5.69 Å². The standard InChI is InChI=1S/C30H35Cl2N3O5S/c1-5-28(30(37)33-21(3)4)34(19-22-9-7-8-10-27(22)32)29(36)20-35(24-13-15-25(16-14-24)40-6-2)41(38,39)26-17-11-23(31)12-18-26/h7-18,21,28H,5-6,19-20H2,1-4H3,(H,33,37). The predicted octanol–water partition coefficient (Wildman–Crippen LogP) is 5.92. The largest absolute Gasteiger partial charge is 0.494 e. The number of carbonyl (C=O) groups is 2. The van der Waals surface area contributed by atoms with E-state index in [0.29, 0.717) is 34.4 Å². The second-order valence-corrected chi connectivity index (χ2v) is 12.3. The van der Waals surface area contributed by atoms with E-state index in [1.54, 1.807) is 55.5 Å². The molecule has 3 aromatic rings. The number of ether oxygens (including phenoxy) is 1. The lowest BCUT2D eigenvalue weighted by Crippen LogP contribution is -2.53. The molecule has 1 N–H and O–H groups in total. The quantitative estimate of drug-likeness (QED) is 0.256. The fourth-order valence-corrected chi connectivity index (χ4v) is 5.98. The van der Waals surface area contributed by atoms with E-state index in [1.807, 2.05) is 20.8 Å². The van der Waals surface area contributed by atoms with Crippen LogP contribution in [0.15, 0.2) is 77.7 Å². The molecule has 3 aromatic carbocycles. The summed E-state index contributed by atoms with van der Waals surface area (Å²) >= 11 is 12.4. The van der Waals surface area contributed by atoms with Crippen LogP contribution in [-0.4, -0.2) is 50.4 Å². The van der Waals surface area contributed by atoms with Crippen molar-refractivity contribution < 1.29 is 22.7 Å². The minimum Gasteiger partial charge on any atom is -0.494 e. The molecular formula is C30H35Cl2N3O5S. The molecule has 1 unspecified atom stereocenters. The van der Waals surface area contributed by atoms with Gasteiger partial charge in [-0.2, -0.15) is 0 Å². The first-order chi connectivity index (χ1) is 19.5. The van der Waals surface area contributed by atoms with Crippen LogP contribution < -0.4 is 14.4 Å². The maximum Gasteiger partial charge on any atom is 0.264 e. The van der Waals surface area contributed by atoms with Crippen LogP contribution in [0, 0.1) is 0 Å². The Balaban J connectivity index is 2.07. The van der Waals surface area contributed by atoms with Gasteiger partial charge in [-0.1, -0.05) is 48.3 Å². The van der Waals surface area contributed by atoms with Crippen molar-refractivity contribution in [2.45, 2.75) is 57.6 Å². The number of benzene rings is 3. The highest BCUT2D eigenvalue weighted by molar-refractivity contribution is 7.92. The van der Waals surface area contributed by atoms with E-state index >= 15 is 0 Å². The van der Waals surface area contributed by atoms with Crippen molar-refractivity contribution in [1.29, 1.82) is 0 Å². The minimum atomic E-state index is -4.22. The van der Waals surface area contributed by atoms with Gasteiger partial charge in [0.15, 0.2) is 0 Å². The summed E-state index contributed by atoms with van der Waals surface area (Å²) < 4.78 is 34.4. The third-order valence-electron chi connectivity index (χ3n) is 6.23. The fraction of sp³-hybridized carbons (Fsp3) is 0.333. The van der Waals surface area contributed by atoms with Gasteiger partial charge in [-0.3, -0.25) is 13.9 Å². The zero-order valence-corrected chi connectivity index (χ0v) is 25.8. The predicted molar refractivity (Wildman–Crippen MR) is 163 cm³/mol. The van der Waals surface area contributed by atoms with Crippen LogP contribution in [0.25, 0.3) is 0 Å². The summed E-state index contributed by atoms with van der Waals surface area (Å²) in [5.41, 5.74) is 0.889. The van der Waals surface area contributed by atoms with Gasteiger partial charge in [-0.05, 0) is 87.4 Å². The first kappa shape index (κ1) is 32.2. The van der Waals surface area contributed by atoms with Crippen LogP contribution in [0.2, 0.25) is 10.0 Å². The van der Waals surface area contributed by atoms with Gasteiger partial charge < -0.3 is 15.0 Å². The highest BCUT2D eigenvalue weighted by Crippen LogP contribution is 2.28. The van der Waals surface area contributed by atoms with Gasteiger partial charge in [0.1, 0.15) is 18.3 Å². The number of hydrogen-bond acceptors (Lipinski definition) is 5. The van der Waals surface area contributed by atoms with E-state index in [1.165, 1.54) is 29.2 Å². The lowest BCUT2D eigenvalue weighted by atomic mass is 10.1. The first-order valence-corrected chi connectivity index (χ1v) is 15.5. The van der Waals surface area contributed by atoms with Crippen molar-refractivity contribution >= 4 is 50.7 Å².